The largest absolute Gasteiger partial charge is 0.416 e. The molecule has 3 aromatic rings. The van der Waals surface area contributed by atoms with Crippen molar-refractivity contribution in [2.75, 3.05) is 0 Å². The van der Waals surface area contributed by atoms with Gasteiger partial charge in [0.05, 0.1) is 10.6 Å². The second kappa shape index (κ2) is 5.27. The first-order chi connectivity index (χ1) is 9.65. The summed E-state index contributed by atoms with van der Waals surface area (Å²) in [5.41, 5.74) is 2.66. The molecule has 0 aliphatic heterocycles. The van der Waals surface area contributed by atoms with Crippen LogP contribution in [0.15, 0.2) is 46.9 Å². The number of aromatic nitrogens is 2. The monoisotopic (exact) mass is 304 g/mol. The van der Waals surface area contributed by atoms with Gasteiger partial charge in [-0.2, -0.15) is 0 Å². The molecule has 1 heterocycles. The standard InChI is InChI=1S/C15H10Cl2N2O/c1-9-4-2-3-5-11(9)14-18-19-15(20-14)12-7-6-10(16)8-13(12)17/h2-8H,1H3. The summed E-state index contributed by atoms with van der Waals surface area (Å²) in [4.78, 5) is 0. The lowest BCUT2D eigenvalue weighted by Gasteiger charge is -2.00. The van der Waals surface area contributed by atoms with E-state index >= 15 is 0 Å². The van der Waals surface area contributed by atoms with Gasteiger partial charge in [-0.05, 0) is 36.8 Å². The van der Waals surface area contributed by atoms with Gasteiger partial charge in [0.2, 0.25) is 11.8 Å². The topological polar surface area (TPSA) is 38.9 Å². The molecule has 0 atom stereocenters. The Kier molecular flexibility index (Phi) is 3.47. The highest BCUT2D eigenvalue weighted by atomic mass is 35.5. The fraction of sp³-hybridized carbons (Fsp3) is 0.0667. The average molecular weight is 305 g/mol. The van der Waals surface area contributed by atoms with E-state index in [4.69, 9.17) is 27.6 Å². The molecule has 3 nitrogen and oxygen atoms in total. The molecule has 2 aromatic carbocycles. The maximum absolute atomic E-state index is 6.14. The molecule has 0 fully saturated rings. The summed E-state index contributed by atoms with van der Waals surface area (Å²) in [5, 5.41) is 9.18. The summed E-state index contributed by atoms with van der Waals surface area (Å²) >= 11 is 12.0. The smallest absolute Gasteiger partial charge is 0.249 e. The predicted octanol–water partition coefficient (Wildman–Crippen LogP) is 5.02. The van der Waals surface area contributed by atoms with Crippen LogP contribution in [0.25, 0.3) is 22.9 Å². The fourth-order valence-electron chi connectivity index (χ4n) is 1.92. The summed E-state index contributed by atoms with van der Waals surface area (Å²) < 4.78 is 5.71. The highest BCUT2D eigenvalue weighted by molar-refractivity contribution is 6.36. The van der Waals surface area contributed by atoms with Crippen molar-refractivity contribution in [1.29, 1.82) is 0 Å². The number of halogens is 2. The number of aryl methyl sites for hydroxylation is 1. The Bertz CT molecular complexity index is 768. The van der Waals surface area contributed by atoms with E-state index in [1.807, 2.05) is 31.2 Å². The third kappa shape index (κ3) is 2.42. The first-order valence-corrected chi connectivity index (χ1v) is 6.75. The molecule has 20 heavy (non-hydrogen) atoms. The fourth-order valence-corrected chi connectivity index (χ4v) is 2.41. The average Bonchev–Trinajstić information content (AvgIpc) is 2.88. The molecule has 0 aliphatic rings. The van der Waals surface area contributed by atoms with E-state index in [0.29, 0.717) is 27.4 Å². The summed E-state index contributed by atoms with van der Waals surface area (Å²) in [5.74, 6) is 0.856. The van der Waals surface area contributed by atoms with Crippen LogP contribution in [-0.2, 0) is 0 Å². The van der Waals surface area contributed by atoms with E-state index in [9.17, 15) is 0 Å². The van der Waals surface area contributed by atoms with Gasteiger partial charge in [-0.25, -0.2) is 0 Å². The first kappa shape index (κ1) is 13.2. The highest BCUT2D eigenvalue weighted by Gasteiger charge is 2.14. The summed E-state index contributed by atoms with van der Waals surface area (Å²) in [6, 6.07) is 13.0. The van der Waals surface area contributed by atoms with Crippen molar-refractivity contribution in [1.82, 2.24) is 10.2 Å². The van der Waals surface area contributed by atoms with Crippen LogP contribution in [0.5, 0.6) is 0 Å². The Balaban J connectivity index is 2.04. The van der Waals surface area contributed by atoms with Crippen LogP contribution in [0.2, 0.25) is 10.0 Å². The van der Waals surface area contributed by atoms with Crippen molar-refractivity contribution in [2.24, 2.45) is 0 Å². The second-order valence-electron chi connectivity index (χ2n) is 4.35. The van der Waals surface area contributed by atoms with Crippen molar-refractivity contribution in [2.45, 2.75) is 6.92 Å². The Morgan fingerprint density at radius 1 is 0.900 bits per heavy atom. The predicted molar refractivity (Wildman–Crippen MR) is 79.9 cm³/mol. The second-order valence-corrected chi connectivity index (χ2v) is 5.20. The van der Waals surface area contributed by atoms with Gasteiger partial charge in [-0.3, -0.25) is 0 Å². The summed E-state index contributed by atoms with van der Waals surface area (Å²) in [6.07, 6.45) is 0. The number of rotatable bonds is 2. The molecule has 0 saturated heterocycles. The van der Waals surface area contributed by atoms with Gasteiger partial charge in [0, 0.05) is 10.6 Å². The molecule has 0 unspecified atom stereocenters. The third-order valence-corrected chi connectivity index (χ3v) is 3.51. The van der Waals surface area contributed by atoms with Crippen molar-refractivity contribution in [3.05, 3.63) is 58.1 Å². The zero-order chi connectivity index (χ0) is 14.1. The van der Waals surface area contributed by atoms with Crippen LogP contribution < -0.4 is 0 Å². The number of hydrogen-bond donors (Lipinski definition) is 0. The van der Waals surface area contributed by atoms with Crippen molar-refractivity contribution in [3.63, 3.8) is 0 Å². The normalized spacial score (nSPS) is 10.8. The molecule has 0 aliphatic carbocycles. The molecular formula is C15H10Cl2N2O. The minimum absolute atomic E-state index is 0.380. The van der Waals surface area contributed by atoms with Gasteiger partial charge in [-0.15, -0.1) is 10.2 Å². The lowest BCUT2D eigenvalue weighted by molar-refractivity contribution is 0.584. The maximum Gasteiger partial charge on any atom is 0.249 e. The molecule has 0 saturated carbocycles. The minimum Gasteiger partial charge on any atom is -0.416 e. The molecule has 5 heteroatoms. The molecule has 0 N–H and O–H groups in total. The van der Waals surface area contributed by atoms with E-state index in [0.717, 1.165) is 11.1 Å². The van der Waals surface area contributed by atoms with Crippen LogP contribution >= 0.6 is 23.2 Å². The van der Waals surface area contributed by atoms with Crippen LogP contribution in [0.3, 0.4) is 0 Å². The van der Waals surface area contributed by atoms with Crippen LogP contribution in [0, 0.1) is 6.92 Å². The minimum atomic E-state index is 0.380. The zero-order valence-corrected chi connectivity index (χ0v) is 12.1. The molecular weight excluding hydrogens is 295 g/mol. The Hall–Kier alpha value is -1.84. The van der Waals surface area contributed by atoms with Gasteiger partial charge >= 0.3 is 0 Å². The van der Waals surface area contributed by atoms with Crippen molar-refractivity contribution >= 4 is 23.2 Å². The molecule has 100 valence electrons. The molecule has 0 bridgehead atoms. The van der Waals surface area contributed by atoms with E-state index < -0.39 is 0 Å². The van der Waals surface area contributed by atoms with Crippen molar-refractivity contribution < 1.29 is 4.42 Å². The van der Waals surface area contributed by atoms with E-state index in [1.54, 1.807) is 18.2 Å². The van der Waals surface area contributed by atoms with E-state index in [1.165, 1.54) is 0 Å². The third-order valence-electron chi connectivity index (χ3n) is 2.96. The molecule has 0 radical (unpaired) electrons. The van der Waals surface area contributed by atoms with Crippen LogP contribution in [0.4, 0.5) is 0 Å². The number of benzene rings is 2. The summed E-state index contributed by atoms with van der Waals surface area (Å²) in [7, 11) is 0. The quantitative estimate of drug-likeness (QED) is 0.667. The zero-order valence-electron chi connectivity index (χ0n) is 10.6. The molecule has 0 spiro atoms. The summed E-state index contributed by atoms with van der Waals surface area (Å²) in [6.45, 7) is 1.99. The molecule has 0 amide bonds. The Morgan fingerprint density at radius 3 is 2.30 bits per heavy atom. The highest BCUT2D eigenvalue weighted by Crippen LogP contribution is 2.31. The lowest BCUT2D eigenvalue weighted by Crippen LogP contribution is -1.81. The van der Waals surface area contributed by atoms with Gasteiger partial charge in [0.1, 0.15) is 0 Å². The van der Waals surface area contributed by atoms with Gasteiger partial charge in [-0.1, -0.05) is 41.4 Å². The van der Waals surface area contributed by atoms with Crippen LogP contribution in [0.1, 0.15) is 5.56 Å². The van der Waals surface area contributed by atoms with Crippen molar-refractivity contribution in [3.8, 4) is 22.9 Å². The number of nitrogens with zero attached hydrogens (tertiary/aromatic N) is 2. The Labute approximate surface area is 126 Å². The van der Waals surface area contributed by atoms with E-state index in [-0.39, 0.29) is 0 Å². The first-order valence-electron chi connectivity index (χ1n) is 6.00. The Morgan fingerprint density at radius 2 is 1.60 bits per heavy atom. The molecule has 3 rings (SSSR count). The van der Waals surface area contributed by atoms with Crippen LogP contribution in [-0.4, -0.2) is 10.2 Å². The lowest BCUT2D eigenvalue weighted by atomic mass is 10.1. The van der Waals surface area contributed by atoms with Gasteiger partial charge < -0.3 is 4.42 Å². The number of hydrogen-bond acceptors (Lipinski definition) is 3. The maximum atomic E-state index is 6.14. The SMILES string of the molecule is Cc1ccccc1-c1nnc(-c2ccc(Cl)cc2Cl)o1. The van der Waals surface area contributed by atoms with Gasteiger partial charge in [0.15, 0.2) is 0 Å². The van der Waals surface area contributed by atoms with Gasteiger partial charge in [0.25, 0.3) is 0 Å². The van der Waals surface area contributed by atoms with E-state index in [2.05, 4.69) is 10.2 Å². The molecule has 1 aromatic heterocycles.